The Kier molecular flexibility index (Phi) is 7.29. The van der Waals surface area contributed by atoms with E-state index in [-0.39, 0.29) is 17.1 Å². The van der Waals surface area contributed by atoms with Crippen molar-refractivity contribution in [1.29, 1.82) is 0 Å². The van der Waals surface area contributed by atoms with Crippen molar-refractivity contribution in [2.24, 2.45) is 0 Å². The molecule has 0 aliphatic heterocycles. The molecule has 0 atom stereocenters. The van der Waals surface area contributed by atoms with Gasteiger partial charge in [-0.15, -0.1) is 0 Å². The summed E-state index contributed by atoms with van der Waals surface area (Å²) in [4.78, 5) is 31.0. The number of hydrogen-bond donors (Lipinski definition) is 2. The molecule has 1 aromatic rings. The highest BCUT2D eigenvalue weighted by Crippen LogP contribution is 2.07. The van der Waals surface area contributed by atoms with E-state index in [1.54, 1.807) is 6.92 Å². The molecule has 6 heteroatoms. The lowest BCUT2D eigenvalue weighted by Gasteiger charge is -1.98. The molecule has 0 saturated heterocycles. The van der Waals surface area contributed by atoms with Gasteiger partial charge in [-0.25, -0.2) is 14.4 Å². The first-order valence-electron chi connectivity index (χ1n) is 5.28. The van der Waals surface area contributed by atoms with Gasteiger partial charge in [0.1, 0.15) is 0 Å². The molecule has 6 nitrogen and oxygen atoms in total. The second-order valence-corrected chi connectivity index (χ2v) is 3.11. The largest absolute Gasteiger partial charge is 0.478 e. The maximum Gasteiger partial charge on any atom is 0.336 e. The Labute approximate surface area is 109 Å². The predicted molar refractivity (Wildman–Crippen MR) is 67.2 cm³/mol. The van der Waals surface area contributed by atoms with Gasteiger partial charge in [0.2, 0.25) is 0 Å². The number of esters is 1. The summed E-state index contributed by atoms with van der Waals surface area (Å²) in [6, 6.07) is 5.48. The number of carboxylic acids is 2. The highest BCUT2D eigenvalue weighted by molar-refractivity contribution is 6.01. The number of ether oxygens (including phenoxy) is 1. The van der Waals surface area contributed by atoms with Gasteiger partial charge in [0, 0.05) is 6.08 Å². The molecule has 0 aliphatic rings. The molecule has 0 fully saturated rings. The average Bonchev–Trinajstić information content (AvgIpc) is 2.39. The van der Waals surface area contributed by atoms with Crippen molar-refractivity contribution in [3.63, 3.8) is 0 Å². The van der Waals surface area contributed by atoms with Gasteiger partial charge in [-0.05, 0) is 19.1 Å². The molecular weight excluding hydrogens is 252 g/mol. The number of carbonyl (C=O) groups excluding carboxylic acids is 1. The van der Waals surface area contributed by atoms with Gasteiger partial charge in [0.15, 0.2) is 0 Å². The predicted octanol–water partition coefficient (Wildman–Crippen LogP) is 1.82. The summed E-state index contributed by atoms with van der Waals surface area (Å²) in [5.74, 6) is -2.82. The van der Waals surface area contributed by atoms with Gasteiger partial charge >= 0.3 is 17.9 Å². The van der Waals surface area contributed by atoms with Crippen LogP contribution in [0.1, 0.15) is 27.6 Å². The van der Waals surface area contributed by atoms with Gasteiger partial charge in [-0.2, -0.15) is 0 Å². The fraction of sp³-hybridized carbons (Fsp3) is 0.154. The number of hydrogen-bond acceptors (Lipinski definition) is 4. The van der Waals surface area contributed by atoms with Crippen LogP contribution >= 0.6 is 0 Å². The third-order valence-corrected chi connectivity index (χ3v) is 1.84. The smallest absolute Gasteiger partial charge is 0.336 e. The summed E-state index contributed by atoms with van der Waals surface area (Å²) in [6.45, 7) is 5.38. The van der Waals surface area contributed by atoms with Crippen LogP contribution in [0.15, 0.2) is 36.9 Å². The first kappa shape index (κ1) is 16.4. The maximum atomic E-state index is 10.5. The molecule has 0 unspecified atom stereocenters. The fourth-order valence-electron chi connectivity index (χ4n) is 1.06. The lowest BCUT2D eigenvalue weighted by Crippen LogP contribution is -2.06. The van der Waals surface area contributed by atoms with Gasteiger partial charge in [0.05, 0.1) is 17.7 Å². The van der Waals surface area contributed by atoms with E-state index in [4.69, 9.17) is 10.2 Å². The minimum Gasteiger partial charge on any atom is -0.478 e. The number of aromatic carboxylic acids is 2. The minimum absolute atomic E-state index is 0.190. The van der Waals surface area contributed by atoms with Crippen LogP contribution < -0.4 is 0 Å². The molecule has 0 radical (unpaired) electrons. The van der Waals surface area contributed by atoms with E-state index in [1.807, 2.05) is 0 Å². The molecular formula is C13H14O6. The normalized spacial score (nSPS) is 8.68. The first-order valence-corrected chi connectivity index (χ1v) is 5.28. The summed E-state index contributed by atoms with van der Waals surface area (Å²) < 4.78 is 4.43. The van der Waals surface area contributed by atoms with E-state index < -0.39 is 11.9 Å². The molecule has 0 saturated carbocycles. The monoisotopic (exact) mass is 266 g/mol. The summed E-state index contributed by atoms with van der Waals surface area (Å²) in [5.41, 5.74) is -0.380. The molecule has 0 amide bonds. The Balaban J connectivity index is 0.000000399. The number of carboxylic acid groups (broad SMARTS) is 2. The molecule has 0 aliphatic carbocycles. The van der Waals surface area contributed by atoms with E-state index in [1.165, 1.54) is 24.3 Å². The lowest BCUT2D eigenvalue weighted by atomic mass is 10.1. The van der Waals surface area contributed by atoms with Gasteiger partial charge in [-0.3, -0.25) is 0 Å². The Bertz CT molecular complexity index is 445. The zero-order chi connectivity index (χ0) is 14.8. The molecule has 0 heterocycles. The third kappa shape index (κ3) is 6.02. The molecule has 0 aromatic heterocycles. The van der Waals surface area contributed by atoms with Crippen molar-refractivity contribution in [2.45, 2.75) is 6.92 Å². The molecule has 19 heavy (non-hydrogen) atoms. The second-order valence-electron chi connectivity index (χ2n) is 3.11. The second kappa shape index (κ2) is 8.46. The molecule has 1 rings (SSSR count). The van der Waals surface area contributed by atoms with E-state index >= 15 is 0 Å². The van der Waals surface area contributed by atoms with Crippen molar-refractivity contribution in [1.82, 2.24) is 0 Å². The zero-order valence-electron chi connectivity index (χ0n) is 10.3. The molecule has 1 aromatic carbocycles. The van der Waals surface area contributed by atoms with Crippen LogP contribution in [0, 0.1) is 0 Å². The molecule has 0 bridgehead atoms. The number of rotatable bonds is 4. The number of benzene rings is 1. The van der Waals surface area contributed by atoms with Crippen molar-refractivity contribution in [2.75, 3.05) is 6.61 Å². The molecule has 102 valence electrons. The zero-order valence-corrected chi connectivity index (χ0v) is 10.3. The van der Waals surface area contributed by atoms with Crippen molar-refractivity contribution < 1.29 is 29.3 Å². The lowest BCUT2D eigenvalue weighted by molar-refractivity contribution is -0.137. The Morgan fingerprint density at radius 3 is 1.79 bits per heavy atom. The molecule has 2 N–H and O–H groups in total. The quantitative estimate of drug-likeness (QED) is 0.636. The summed E-state index contributed by atoms with van der Waals surface area (Å²) in [7, 11) is 0. The van der Waals surface area contributed by atoms with Gasteiger partial charge < -0.3 is 14.9 Å². The highest BCUT2D eigenvalue weighted by atomic mass is 16.5. The Hall–Kier alpha value is -2.63. The van der Waals surface area contributed by atoms with E-state index in [9.17, 15) is 14.4 Å². The summed E-state index contributed by atoms with van der Waals surface area (Å²) in [5, 5.41) is 17.1. The van der Waals surface area contributed by atoms with Crippen LogP contribution in [-0.2, 0) is 9.53 Å². The van der Waals surface area contributed by atoms with Crippen LogP contribution in [0.2, 0.25) is 0 Å². The Morgan fingerprint density at radius 2 is 1.58 bits per heavy atom. The average molecular weight is 266 g/mol. The van der Waals surface area contributed by atoms with Crippen LogP contribution in [-0.4, -0.2) is 34.7 Å². The molecule has 0 spiro atoms. The minimum atomic E-state index is -1.23. The van der Waals surface area contributed by atoms with Crippen molar-refractivity contribution >= 4 is 17.9 Å². The van der Waals surface area contributed by atoms with Gasteiger partial charge in [-0.1, -0.05) is 18.7 Å². The maximum absolute atomic E-state index is 10.5. The van der Waals surface area contributed by atoms with E-state index in [0.29, 0.717) is 6.61 Å². The van der Waals surface area contributed by atoms with Crippen molar-refractivity contribution in [3.05, 3.63) is 48.0 Å². The van der Waals surface area contributed by atoms with Crippen LogP contribution in [0.5, 0.6) is 0 Å². The van der Waals surface area contributed by atoms with E-state index in [0.717, 1.165) is 6.08 Å². The first-order chi connectivity index (χ1) is 8.93. The Morgan fingerprint density at radius 1 is 1.16 bits per heavy atom. The van der Waals surface area contributed by atoms with Gasteiger partial charge in [0.25, 0.3) is 0 Å². The number of carbonyl (C=O) groups is 3. The topological polar surface area (TPSA) is 101 Å². The summed E-state index contributed by atoms with van der Waals surface area (Å²) in [6.07, 6.45) is 1.14. The third-order valence-electron chi connectivity index (χ3n) is 1.84. The highest BCUT2D eigenvalue weighted by Gasteiger charge is 2.13. The SMILES string of the molecule is C=CC(=O)OCC.O=C(O)c1ccccc1C(=O)O. The van der Waals surface area contributed by atoms with Crippen LogP contribution in [0.3, 0.4) is 0 Å². The fourth-order valence-corrected chi connectivity index (χ4v) is 1.06. The standard InChI is InChI=1S/C8H6O4.C5H8O2/c9-7(10)5-3-1-2-4-6(5)8(11)12;1-3-5(6)7-4-2/h1-4H,(H,9,10)(H,11,12);3H,1,4H2,2H3. The van der Waals surface area contributed by atoms with Crippen LogP contribution in [0.25, 0.3) is 0 Å². The van der Waals surface area contributed by atoms with Crippen molar-refractivity contribution in [3.8, 4) is 0 Å². The summed E-state index contributed by atoms with van der Waals surface area (Å²) >= 11 is 0. The van der Waals surface area contributed by atoms with Crippen LogP contribution in [0.4, 0.5) is 0 Å². The van der Waals surface area contributed by atoms with E-state index in [2.05, 4.69) is 11.3 Å².